The quantitative estimate of drug-likeness (QED) is 0.768. The van der Waals surface area contributed by atoms with E-state index in [4.69, 9.17) is 10.8 Å². The number of aromatic nitrogens is 2. The third-order valence-electron chi connectivity index (χ3n) is 2.05. The summed E-state index contributed by atoms with van der Waals surface area (Å²) in [6.45, 7) is 0.325. The highest BCUT2D eigenvalue weighted by Crippen LogP contribution is 2.19. The van der Waals surface area contributed by atoms with Crippen LogP contribution in [-0.2, 0) is 6.54 Å². The molecule has 3 N–H and O–H groups in total. The van der Waals surface area contributed by atoms with E-state index < -0.39 is 0 Å². The van der Waals surface area contributed by atoms with Crippen LogP contribution in [-0.4, -0.2) is 15.1 Å². The lowest BCUT2D eigenvalue weighted by Crippen LogP contribution is -2.02. The number of phenols is 1. The molecule has 2 rings (SSSR count). The summed E-state index contributed by atoms with van der Waals surface area (Å²) in [5, 5.41) is 9.15. The Morgan fingerprint density at radius 3 is 2.53 bits per heavy atom. The molecule has 0 aliphatic heterocycles. The molecule has 76 valence electrons. The lowest BCUT2D eigenvalue weighted by atomic mass is 10.1. The molecule has 0 aliphatic carbocycles. The van der Waals surface area contributed by atoms with Gasteiger partial charge in [-0.15, -0.1) is 0 Å². The Kier molecular flexibility index (Phi) is 2.60. The summed E-state index contributed by atoms with van der Waals surface area (Å²) in [5.74, 6) is 0.854. The van der Waals surface area contributed by atoms with E-state index in [9.17, 15) is 0 Å². The minimum absolute atomic E-state index is 0.242. The van der Waals surface area contributed by atoms with Crippen molar-refractivity contribution in [2.24, 2.45) is 5.73 Å². The average Bonchev–Trinajstić information content (AvgIpc) is 2.30. The minimum Gasteiger partial charge on any atom is -0.508 e. The van der Waals surface area contributed by atoms with Crippen molar-refractivity contribution in [3.05, 3.63) is 42.4 Å². The second-order valence-corrected chi connectivity index (χ2v) is 3.11. The summed E-state index contributed by atoms with van der Waals surface area (Å²) in [6, 6.07) is 8.67. The third-order valence-corrected chi connectivity index (χ3v) is 2.05. The van der Waals surface area contributed by atoms with Crippen molar-refractivity contribution in [2.45, 2.75) is 6.54 Å². The summed E-state index contributed by atoms with van der Waals surface area (Å²) in [5.41, 5.74) is 7.20. The number of hydrogen-bond acceptors (Lipinski definition) is 4. The van der Waals surface area contributed by atoms with E-state index in [1.807, 2.05) is 6.07 Å². The van der Waals surface area contributed by atoms with Crippen molar-refractivity contribution in [1.82, 2.24) is 9.97 Å². The van der Waals surface area contributed by atoms with Gasteiger partial charge in [-0.25, -0.2) is 9.97 Å². The SMILES string of the molecule is NCc1nccc(-c2ccc(O)cc2)n1. The molecule has 0 radical (unpaired) electrons. The molecule has 1 aromatic heterocycles. The molecule has 0 saturated carbocycles. The molecule has 0 unspecified atom stereocenters. The Hall–Kier alpha value is -1.94. The van der Waals surface area contributed by atoms with E-state index in [1.165, 1.54) is 0 Å². The van der Waals surface area contributed by atoms with Gasteiger partial charge in [0.2, 0.25) is 0 Å². The lowest BCUT2D eigenvalue weighted by molar-refractivity contribution is 0.475. The van der Waals surface area contributed by atoms with Crippen LogP contribution in [0.3, 0.4) is 0 Å². The summed E-state index contributed by atoms with van der Waals surface area (Å²) in [7, 11) is 0. The van der Waals surface area contributed by atoms with Crippen molar-refractivity contribution in [2.75, 3.05) is 0 Å². The fourth-order valence-corrected chi connectivity index (χ4v) is 1.29. The predicted molar refractivity (Wildman–Crippen MR) is 57.0 cm³/mol. The number of aromatic hydroxyl groups is 1. The van der Waals surface area contributed by atoms with E-state index in [0.29, 0.717) is 12.4 Å². The van der Waals surface area contributed by atoms with Gasteiger partial charge in [-0.05, 0) is 30.3 Å². The van der Waals surface area contributed by atoms with Crippen LogP contribution in [0.5, 0.6) is 5.75 Å². The zero-order chi connectivity index (χ0) is 10.7. The van der Waals surface area contributed by atoms with Gasteiger partial charge in [0.25, 0.3) is 0 Å². The molecule has 1 aromatic carbocycles. The molecule has 0 amide bonds. The molecule has 0 spiro atoms. The lowest BCUT2D eigenvalue weighted by Gasteiger charge is -2.02. The van der Waals surface area contributed by atoms with Crippen LogP contribution < -0.4 is 5.73 Å². The molecule has 2 aromatic rings. The van der Waals surface area contributed by atoms with Crippen LogP contribution in [0, 0.1) is 0 Å². The van der Waals surface area contributed by atoms with E-state index in [-0.39, 0.29) is 5.75 Å². The Labute approximate surface area is 87.4 Å². The van der Waals surface area contributed by atoms with Crippen LogP contribution in [0.4, 0.5) is 0 Å². The molecule has 1 heterocycles. The van der Waals surface area contributed by atoms with Gasteiger partial charge < -0.3 is 10.8 Å². The van der Waals surface area contributed by atoms with Gasteiger partial charge in [-0.2, -0.15) is 0 Å². The molecule has 4 heteroatoms. The fourth-order valence-electron chi connectivity index (χ4n) is 1.29. The Balaban J connectivity index is 2.40. The van der Waals surface area contributed by atoms with Crippen molar-refractivity contribution >= 4 is 0 Å². The molecule has 0 aliphatic rings. The van der Waals surface area contributed by atoms with Gasteiger partial charge in [0.05, 0.1) is 12.2 Å². The normalized spacial score (nSPS) is 10.2. The first kappa shape index (κ1) is 9.61. The Morgan fingerprint density at radius 2 is 1.87 bits per heavy atom. The van der Waals surface area contributed by atoms with Crippen molar-refractivity contribution in [3.63, 3.8) is 0 Å². The smallest absolute Gasteiger partial charge is 0.142 e. The first-order valence-electron chi connectivity index (χ1n) is 4.61. The highest BCUT2D eigenvalue weighted by molar-refractivity contribution is 5.59. The molecule has 0 atom stereocenters. The second-order valence-electron chi connectivity index (χ2n) is 3.11. The van der Waals surface area contributed by atoms with Crippen LogP contribution in [0.1, 0.15) is 5.82 Å². The van der Waals surface area contributed by atoms with Gasteiger partial charge in [-0.1, -0.05) is 0 Å². The first-order valence-corrected chi connectivity index (χ1v) is 4.61. The zero-order valence-electron chi connectivity index (χ0n) is 8.09. The van der Waals surface area contributed by atoms with Crippen LogP contribution >= 0.6 is 0 Å². The maximum Gasteiger partial charge on any atom is 0.142 e. The van der Waals surface area contributed by atoms with E-state index in [2.05, 4.69) is 9.97 Å². The van der Waals surface area contributed by atoms with Gasteiger partial charge in [0.1, 0.15) is 11.6 Å². The van der Waals surface area contributed by atoms with Crippen molar-refractivity contribution in [3.8, 4) is 17.0 Å². The molecule has 0 bridgehead atoms. The highest BCUT2D eigenvalue weighted by atomic mass is 16.3. The maximum absolute atomic E-state index is 9.15. The average molecular weight is 201 g/mol. The fraction of sp³-hybridized carbons (Fsp3) is 0.0909. The summed E-state index contributed by atoms with van der Waals surface area (Å²) < 4.78 is 0. The molecule has 0 fully saturated rings. The van der Waals surface area contributed by atoms with E-state index >= 15 is 0 Å². The predicted octanol–water partition coefficient (Wildman–Crippen LogP) is 1.31. The van der Waals surface area contributed by atoms with Crippen LogP contribution in [0.2, 0.25) is 0 Å². The topological polar surface area (TPSA) is 72.0 Å². The molecular formula is C11H11N3O. The highest BCUT2D eigenvalue weighted by Gasteiger charge is 2.00. The van der Waals surface area contributed by atoms with Gasteiger partial charge in [0, 0.05) is 11.8 Å². The largest absolute Gasteiger partial charge is 0.508 e. The number of nitrogens with zero attached hydrogens (tertiary/aromatic N) is 2. The van der Waals surface area contributed by atoms with E-state index in [0.717, 1.165) is 11.3 Å². The maximum atomic E-state index is 9.15. The van der Waals surface area contributed by atoms with Gasteiger partial charge in [0.15, 0.2) is 0 Å². The number of hydrogen-bond donors (Lipinski definition) is 2. The van der Waals surface area contributed by atoms with Gasteiger partial charge in [-0.3, -0.25) is 0 Å². The Bertz CT molecular complexity index is 454. The van der Waals surface area contributed by atoms with E-state index in [1.54, 1.807) is 30.5 Å². The molecule has 4 nitrogen and oxygen atoms in total. The number of phenolic OH excluding ortho intramolecular Hbond substituents is 1. The van der Waals surface area contributed by atoms with Crippen LogP contribution in [0.15, 0.2) is 36.5 Å². The van der Waals surface area contributed by atoms with Crippen LogP contribution in [0.25, 0.3) is 11.3 Å². The number of rotatable bonds is 2. The molecular weight excluding hydrogens is 190 g/mol. The number of nitrogens with two attached hydrogens (primary N) is 1. The monoisotopic (exact) mass is 201 g/mol. The Morgan fingerprint density at radius 1 is 1.13 bits per heavy atom. The zero-order valence-corrected chi connectivity index (χ0v) is 8.09. The summed E-state index contributed by atoms with van der Waals surface area (Å²) in [4.78, 5) is 8.29. The number of benzene rings is 1. The van der Waals surface area contributed by atoms with Crippen molar-refractivity contribution < 1.29 is 5.11 Å². The summed E-state index contributed by atoms with van der Waals surface area (Å²) >= 11 is 0. The first-order chi connectivity index (χ1) is 7.29. The molecule has 15 heavy (non-hydrogen) atoms. The third kappa shape index (κ3) is 2.11. The summed E-state index contributed by atoms with van der Waals surface area (Å²) in [6.07, 6.45) is 1.68. The minimum atomic E-state index is 0.242. The molecule has 0 saturated heterocycles. The van der Waals surface area contributed by atoms with Gasteiger partial charge >= 0.3 is 0 Å². The standard InChI is InChI=1S/C11H11N3O/c12-7-11-13-6-5-10(14-11)8-1-3-9(15)4-2-8/h1-6,15H,7,12H2. The second kappa shape index (κ2) is 4.06. The van der Waals surface area contributed by atoms with Crippen molar-refractivity contribution in [1.29, 1.82) is 0 Å².